The first kappa shape index (κ1) is 18.9. The molecule has 0 radical (unpaired) electrons. The van der Waals surface area contributed by atoms with E-state index in [0.717, 1.165) is 12.8 Å². The molecule has 2 amide bonds. The molecule has 0 aliphatic carbocycles. The number of carbonyl (C=O) groups excluding carboxylic acids is 2. The summed E-state index contributed by atoms with van der Waals surface area (Å²) in [5.74, 6) is -0.243. The standard InChI is InChI=1S/C15H20ClN5O4/c1-3-5-7-24-14(22)21(15(23)25-8-6-4-2)13-19-11(16)10-12(20-13)18-9-17-10/h9H,3-8H2,1-2H3,(H,17,18,19,20). The predicted octanol–water partition coefficient (Wildman–Crippen LogP) is 3.69. The Kier molecular flexibility index (Phi) is 6.93. The first-order valence-electron chi connectivity index (χ1n) is 8.08. The largest absolute Gasteiger partial charge is 0.449 e. The number of imide groups is 1. The van der Waals surface area contributed by atoms with Crippen molar-refractivity contribution >= 4 is 40.9 Å². The van der Waals surface area contributed by atoms with Crippen LogP contribution in [-0.4, -0.2) is 45.3 Å². The second-order valence-corrected chi connectivity index (χ2v) is 5.54. The molecule has 2 aromatic rings. The summed E-state index contributed by atoms with van der Waals surface area (Å²) in [6.45, 7) is 4.26. The van der Waals surface area contributed by atoms with Crippen LogP contribution in [-0.2, 0) is 9.47 Å². The topological polar surface area (TPSA) is 110 Å². The molecule has 25 heavy (non-hydrogen) atoms. The quantitative estimate of drug-likeness (QED) is 0.585. The molecule has 1 N–H and O–H groups in total. The fourth-order valence-electron chi connectivity index (χ4n) is 1.86. The van der Waals surface area contributed by atoms with Gasteiger partial charge in [0.25, 0.3) is 0 Å². The van der Waals surface area contributed by atoms with Gasteiger partial charge in [0.15, 0.2) is 10.8 Å². The number of unbranched alkanes of at least 4 members (excludes halogenated alkanes) is 2. The van der Waals surface area contributed by atoms with Crippen molar-refractivity contribution in [2.75, 3.05) is 18.1 Å². The van der Waals surface area contributed by atoms with E-state index in [2.05, 4.69) is 19.9 Å². The van der Waals surface area contributed by atoms with E-state index >= 15 is 0 Å². The average Bonchev–Trinajstić information content (AvgIpc) is 3.05. The summed E-state index contributed by atoms with van der Waals surface area (Å²) in [6.07, 6.45) is 2.58. The molecule has 10 heteroatoms. The summed E-state index contributed by atoms with van der Waals surface area (Å²) in [4.78, 5) is 40.1. The van der Waals surface area contributed by atoms with E-state index in [0.29, 0.717) is 23.3 Å². The van der Waals surface area contributed by atoms with Crippen molar-refractivity contribution in [3.8, 4) is 0 Å². The minimum atomic E-state index is -0.916. The number of hydrogen-bond donors (Lipinski definition) is 1. The van der Waals surface area contributed by atoms with Gasteiger partial charge in [-0.25, -0.2) is 14.6 Å². The van der Waals surface area contributed by atoms with Crippen LogP contribution in [0.1, 0.15) is 39.5 Å². The molecule has 0 aliphatic heterocycles. The van der Waals surface area contributed by atoms with Crippen LogP contribution in [0.3, 0.4) is 0 Å². The summed E-state index contributed by atoms with van der Waals surface area (Å²) < 4.78 is 10.2. The number of nitrogens with one attached hydrogen (secondary N) is 1. The number of amides is 2. The average molecular weight is 370 g/mol. The van der Waals surface area contributed by atoms with Crippen molar-refractivity contribution in [2.24, 2.45) is 0 Å². The first-order chi connectivity index (χ1) is 12.1. The lowest BCUT2D eigenvalue weighted by molar-refractivity contribution is 0.132. The van der Waals surface area contributed by atoms with Crippen LogP contribution in [0.25, 0.3) is 11.2 Å². The fraction of sp³-hybridized carbons (Fsp3) is 0.533. The third-order valence-corrected chi connectivity index (χ3v) is 3.52. The molecule has 2 aromatic heterocycles. The Morgan fingerprint density at radius 1 is 1.12 bits per heavy atom. The van der Waals surface area contributed by atoms with E-state index in [1.54, 1.807) is 0 Å². The highest BCUT2D eigenvalue weighted by Gasteiger charge is 2.30. The monoisotopic (exact) mass is 369 g/mol. The molecule has 0 saturated heterocycles. The van der Waals surface area contributed by atoms with Crippen molar-refractivity contribution in [1.82, 2.24) is 19.9 Å². The number of H-pyrrole nitrogens is 1. The molecule has 136 valence electrons. The van der Waals surface area contributed by atoms with Crippen LogP contribution < -0.4 is 4.90 Å². The van der Waals surface area contributed by atoms with Crippen LogP contribution >= 0.6 is 11.6 Å². The molecule has 0 atom stereocenters. The number of aromatic amines is 1. The summed E-state index contributed by atoms with van der Waals surface area (Å²) in [6, 6.07) is 0. The van der Waals surface area contributed by atoms with E-state index in [1.807, 2.05) is 13.8 Å². The third-order valence-electron chi connectivity index (χ3n) is 3.24. The van der Waals surface area contributed by atoms with Crippen LogP contribution in [0.4, 0.5) is 15.5 Å². The van der Waals surface area contributed by atoms with Gasteiger partial charge >= 0.3 is 12.2 Å². The third kappa shape index (κ3) is 4.79. The van der Waals surface area contributed by atoms with Gasteiger partial charge in [-0.3, -0.25) is 0 Å². The number of halogens is 1. The maximum atomic E-state index is 12.3. The molecule has 0 aromatic carbocycles. The lowest BCUT2D eigenvalue weighted by Crippen LogP contribution is -2.39. The summed E-state index contributed by atoms with van der Waals surface area (Å²) >= 11 is 6.06. The number of carbonyl (C=O) groups is 2. The molecule has 0 aliphatic rings. The van der Waals surface area contributed by atoms with Gasteiger partial charge in [-0.1, -0.05) is 38.3 Å². The molecule has 9 nitrogen and oxygen atoms in total. The normalized spacial score (nSPS) is 10.7. The summed E-state index contributed by atoms with van der Waals surface area (Å²) in [5.41, 5.74) is 0.631. The zero-order valence-electron chi connectivity index (χ0n) is 14.1. The second kappa shape index (κ2) is 9.16. The number of nitrogens with zero attached hydrogens (tertiary/aromatic N) is 4. The summed E-state index contributed by atoms with van der Waals surface area (Å²) in [7, 11) is 0. The number of anilines is 1. The van der Waals surface area contributed by atoms with Crippen molar-refractivity contribution in [3.63, 3.8) is 0 Å². The molecule has 2 heterocycles. The van der Waals surface area contributed by atoms with Crippen molar-refractivity contribution in [1.29, 1.82) is 0 Å². The maximum Gasteiger partial charge on any atom is 0.426 e. The minimum Gasteiger partial charge on any atom is -0.449 e. The van der Waals surface area contributed by atoms with E-state index in [4.69, 9.17) is 21.1 Å². The molecular weight excluding hydrogens is 350 g/mol. The van der Waals surface area contributed by atoms with Crippen molar-refractivity contribution < 1.29 is 19.1 Å². The molecule has 0 saturated carbocycles. The molecule has 0 spiro atoms. The van der Waals surface area contributed by atoms with Gasteiger partial charge in [-0.15, -0.1) is 4.90 Å². The van der Waals surface area contributed by atoms with Crippen LogP contribution in [0.5, 0.6) is 0 Å². The number of imidazole rings is 1. The lowest BCUT2D eigenvalue weighted by atomic mass is 10.4. The van der Waals surface area contributed by atoms with Gasteiger partial charge in [0, 0.05) is 0 Å². The maximum absolute atomic E-state index is 12.3. The Morgan fingerprint density at radius 3 is 2.28 bits per heavy atom. The van der Waals surface area contributed by atoms with E-state index in [9.17, 15) is 9.59 Å². The summed E-state index contributed by atoms with van der Waals surface area (Å²) in [5, 5.41) is 0.0326. The molecule has 2 rings (SSSR count). The van der Waals surface area contributed by atoms with Gasteiger partial charge in [0.2, 0.25) is 5.95 Å². The van der Waals surface area contributed by atoms with Gasteiger partial charge in [-0.05, 0) is 12.8 Å². The molecule has 0 unspecified atom stereocenters. The number of hydrogen-bond acceptors (Lipinski definition) is 7. The number of aromatic nitrogens is 4. The van der Waals surface area contributed by atoms with Crippen molar-refractivity contribution in [3.05, 3.63) is 11.5 Å². The van der Waals surface area contributed by atoms with Gasteiger partial charge in [-0.2, -0.15) is 9.97 Å². The highest BCUT2D eigenvalue weighted by atomic mass is 35.5. The molecular formula is C15H20ClN5O4. The highest BCUT2D eigenvalue weighted by molar-refractivity contribution is 6.33. The van der Waals surface area contributed by atoms with E-state index < -0.39 is 12.2 Å². The molecule has 0 bridgehead atoms. The zero-order chi connectivity index (χ0) is 18.2. The van der Waals surface area contributed by atoms with Crippen LogP contribution in [0.2, 0.25) is 5.15 Å². The van der Waals surface area contributed by atoms with Gasteiger partial charge < -0.3 is 14.5 Å². The number of ether oxygens (including phenoxy) is 2. The Morgan fingerprint density at radius 2 is 1.72 bits per heavy atom. The van der Waals surface area contributed by atoms with E-state index in [1.165, 1.54) is 6.33 Å². The van der Waals surface area contributed by atoms with Crippen LogP contribution in [0.15, 0.2) is 6.33 Å². The predicted molar refractivity (Wildman–Crippen MR) is 91.7 cm³/mol. The number of fused-ring (bicyclic) bond motifs is 1. The first-order valence-corrected chi connectivity index (χ1v) is 8.46. The zero-order valence-corrected chi connectivity index (χ0v) is 14.9. The Balaban J connectivity index is 2.27. The minimum absolute atomic E-state index is 0.0326. The highest BCUT2D eigenvalue weighted by Crippen LogP contribution is 2.21. The fourth-order valence-corrected chi connectivity index (χ4v) is 2.08. The van der Waals surface area contributed by atoms with Gasteiger partial charge in [0.1, 0.15) is 5.52 Å². The Hall–Kier alpha value is -2.42. The lowest BCUT2D eigenvalue weighted by Gasteiger charge is -2.18. The van der Waals surface area contributed by atoms with Crippen molar-refractivity contribution in [2.45, 2.75) is 39.5 Å². The second-order valence-electron chi connectivity index (χ2n) is 5.19. The van der Waals surface area contributed by atoms with Gasteiger partial charge in [0.05, 0.1) is 19.5 Å². The Labute approximate surface area is 149 Å². The smallest absolute Gasteiger partial charge is 0.426 e. The number of rotatable bonds is 7. The Bertz CT molecular complexity index is 714. The SMILES string of the molecule is CCCCOC(=O)N(C(=O)OCCCC)c1nc(Cl)c2[nH]cnc2n1. The van der Waals surface area contributed by atoms with Crippen LogP contribution in [0, 0.1) is 0 Å². The van der Waals surface area contributed by atoms with E-state index in [-0.39, 0.29) is 30.0 Å². The molecule has 0 fully saturated rings.